The molecule has 0 radical (unpaired) electrons. The Hall–Kier alpha value is -2.80. The van der Waals surface area contributed by atoms with E-state index in [2.05, 4.69) is 4.99 Å². The Kier molecular flexibility index (Phi) is 4.99. The summed E-state index contributed by atoms with van der Waals surface area (Å²) < 4.78 is 18.8. The van der Waals surface area contributed by atoms with Crippen LogP contribution in [-0.2, 0) is 7.05 Å². The molecule has 7 heteroatoms. The van der Waals surface area contributed by atoms with Crippen molar-refractivity contribution in [2.75, 3.05) is 21.3 Å². The summed E-state index contributed by atoms with van der Waals surface area (Å²) in [5.41, 5.74) is 2.44. The van der Waals surface area contributed by atoms with Crippen molar-refractivity contribution in [2.24, 2.45) is 12.0 Å². The second kappa shape index (κ2) is 7.21. The minimum atomic E-state index is -0.360. The van der Waals surface area contributed by atoms with E-state index in [1.54, 1.807) is 39.5 Å². The number of aromatic nitrogens is 1. The highest BCUT2D eigenvalue weighted by molar-refractivity contribution is 7.16. The average molecular weight is 372 g/mol. The number of carbonyl (C=O) groups excluding carboxylic acids is 1. The molecular formula is C19H20N2O4S. The number of aryl methyl sites for hydroxylation is 2. The SMILES string of the molecule is COc1cc(OC)cc(C(=O)N=c2sc3c(C)ccc(OC)c3n2C)c1. The minimum absolute atomic E-state index is 0.360. The van der Waals surface area contributed by atoms with Crippen LogP contribution in [0.4, 0.5) is 0 Å². The van der Waals surface area contributed by atoms with Crippen LogP contribution in [0.1, 0.15) is 15.9 Å². The predicted molar refractivity (Wildman–Crippen MR) is 102 cm³/mol. The van der Waals surface area contributed by atoms with Gasteiger partial charge in [0.1, 0.15) is 22.8 Å². The number of hydrogen-bond donors (Lipinski definition) is 0. The second-order valence-corrected chi connectivity index (χ2v) is 6.70. The fourth-order valence-corrected chi connectivity index (χ4v) is 3.80. The lowest BCUT2D eigenvalue weighted by atomic mass is 10.2. The molecule has 0 aliphatic heterocycles. The smallest absolute Gasteiger partial charge is 0.279 e. The van der Waals surface area contributed by atoms with Crippen molar-refractivity contribution >= 4 is 27.5 Å². The van der Waals surface area contributed by atoms with E-state index >= 15 is 0 Å². The van der Waals surface area contributed by atoms with Gasteiger partial charge >= 0.3 is 0 Å². The van der Waals surface area contributed by atoms with Gasteiger partial charge in [-0.1, -0.05) is 17.4 Å². The molecule has 0 atom stereocenters. The Balaban J connectivity index is 2.15. The molecule has 2 aromatic carbocycles. The van der Waals surface area contributed by atoms with Crippen molar-refractivity contribution in [2.45, 2.75) is 6.92 Å². The Morgan fingerprint density at radius 2 is 1.69 bits per heavy atom. The average Bonchev–Trinajstić information content (AvgIpc) is 2.99. The molecule has 1 heterocycles. The van der Waals surface area contributed by atoms with E-state index in [1.165, 1.54) is 11.3 Å². The van der Waals surface area contributed by atoms with Crippen molar-refractivity contribution in [3.8, 4) is 17.2 Å². The van der Waals surface area contributed by atoms with Crippen LogP contribution in [0.2, 0.25) is 0 Å². The van der Waals surface area contributed by atoms with Gasteiger partial charge in [0.05, 0.1) is 26.0 Å². The zero-order chi connectivity index (χ0) is 18.8. The molecule has 0 unspecified atom stereocenters. The third kappa shape index (κ3) is 3.17. The van der Waals surface area contributed by atoms with E-state index in [9.17, 15) is 4.79 Å². The number of fused-ring (bicyclic) bond motifs is 1. The van der Waals surface area contributed by atoms with Crippen molar-refractivity contribution in [1.82, 2.24) is 4.57 Å². The van der Waals surface area contributed by atoms with Gasteiger partial charge in [-0.25, -0.2) is 0 Å². The standard InChI is InChI=1S/C19H20N2O4S/c1-11-6-7-15(25-5)16-17(11)26-19(21(16)2)20-18(22)12-8-13(23-3)10-14(9-12)24-4/h6-10H,1-5H3. The Morgan fingerprint density at radius 1 is 1.04 bits per heavy atom. The van der Waals surface area contributed by atoms with Gasteiger partial charge in [-0.2, -0.15) is 4.99 Å². The first-order chi connectivity index (χ1) is 12.5. The molecule has 0 bridgehead atoms. The van der Waals surface area contributed by atoms with Gasteiger partial charge in [0.15, 0.2) is 4.80 Å². The number of thiazole rings is 1. The second-order valence-electron chi connectivity index (χ2n) is 5.72. The van der Waals surface area contributed by atoms with Crippen molar-refractivity contribution in [3.05, 3.63) is 46.3 Å². The molecule has 136 valence electrons. The molecule has 0 spiro atoms. The molecule has 0 aliphatic carbocycles. The van der Waals surface area contributed by atoms with E-state index in [0.717, 1.165) is 21.5 Å². The summed E-state index contributed by atoms with van der Waals surface area (Å²) >= 11 is 1.46. The van der Waals surface area contributed by atoms with Crippen LogP contribution >= 0.6 is 11.3 Å². The van der Waals surface area contributed by atoms with Crippen molar-refractivity contribution in [3.63, 3.8) is 0 Å². The molecule has 1 aromatic heterocycles. The molecule has 3 rings (SSSR count). The van der Waals surface area contributed by atoms with E-state index in [4.69, 9.17) is 14.2 Å². The summed E-state index contributed by atoms with van der Waals surface area (Å²) in [6, 6.07) is 8.92. The van der Waals surface area contributed by atoms with Gasteiger partial charge < -0.3 is 18.8 Å². The predicted octanol–water partition coefficient (Wildman–Crippen LogP) is 3.32. The number of carbonyl (C=O) groups is 1. The number of amides is 1. The monoisotopic (exact) mass is 372 g/mol. The molecule has 0 fully saturated rings. The lowest BCUT2D eigenvalue weighted by Crippen LogP contribution is -2.13. The largest absolute Gasteiger partial charge is 0.497 e. The fraction of sp³-hybridized carbons (Fsp3) is 0.263. The van der Waals surface area contributed by atoms with Crippen molar-refractivity contribution in [1.29, 1.82) is 0 Å². The summed E-state index contributed by atoms with van der Waals surface area (Å²) in [5, 5.41) is 0. The van der Waals surface area contributed by atoms with Crippen molar-refractivity contribution < 1.29 is 19.0 Å². The first-order valence-electron chi connectivity index (χ1n) is 7.93. The van der Waals surface area contributed by atoms with Gasteiger partial charge in [0.25, 0.3) is 5.91 Å². The lowest BCUT2D eigenvalue weighted by molar-refractivity contribution is 0.0997. The van der Waals surface area contributed by atoms with E-state index in [1.807, 2.05) is 30.7 Å². The van der Waals surface area contributed by atoms with Gasteiger partial charge in [-0.3, -0.25) is 4.79 Å². The van der Waals surface area contributed by atoms with Crippen LogP contribution in [-0.4, -0.2) is 31.8 Å². The molecule has 1 amide bonds. The van der Waals surface area contributed by atoms with Crippen LogP contribution in [0.3, 0.4) is 0 Å². The quantitative estimate of drug-likeness (QED) is 0.705. The van der Waals surface area contributed by atoms with Gasteiger partial charge in [-0.05, 0) is 30.7 Å². The van der Waals surface area contributed by atoms with Crippen LogP contribution in [0.5, 0.6) is 17.2 Å². The third-order valence-corrected chi connectivity index (χ3v) is 5.39. The summed E-state index contributed by atoms with van der Waals surface area (Å²) in [5.74, 6) is 1.48. The Morgan fingerprint density at radius 3 is 2.27 bits per heavy atom. The number of rotatable bonds is 4. The van der Waals surface area contributed by atoms with Crippen LogP contribution < -0.4 is 19.0 Å². The summed E-state index contributed by atoms with van der Waals surface area (Å²) in [6.45, 7) is 2.02. The molecule has 3 aromatic rings. The summed E-state index contributed by atoms with van der Waals surface area (Å²) in [7, 11) is 6.59. The highest BCUT2D eigenvalue weighted by atomic mass is 32.1. The Bertz CT molecular complexity index is 1030. The summed E-state index contributed by atoms with van der Waals surface area (Å²) in [6.07, 6.45) is 0. The van der Waals surface area contributed by atoms with E-state index in [-0.39, 0.29) is 5.91 Å². The normalized spacial score (nSPS) is 11.7. The van der Waals surface area contributed by atoms with E-state index in [0.29, 0.717) is 21.9 Å². The van der Waals surface area contributed by atoms with Crippen LogP contribution in [0.25, 0.3) is 10.2 Å². The van der Waals surface area contributed by atoms with Gasteiger partial charge in [-0.15, -0.1) is 0 Å². The maximum Gasteiger partial charge on any atom is 0.279 e. The number of ether oxygens (including phenoxy) is 3. The first kappa shape index (κ1) is 18.0. The Labute approximate surface area is 155 Å². The lowest BCUT2D eigenvalue weighted by Gasteiger charge is -2.06. The van der Waals surface area contributed by atoms with Crippen LogP contribution in [0.15, 0.2) is 35.3 Å². The number of methoxy groups -OCH3 is 3. The maximum absolute atomic E-state index is 12.7. The van der Waals surface area contributed by atoms with E-state index < -0.39 is 0 Å². The fourth-order valence-electron chi connectivity index (χ4n) is 2.70. The highest BCUT2D eigenvalue weighted by Crippen LogP contribution is 2.29. The number of hydrogen-bond acceptors (Lipinski definition) is 5. The molecule has 0 saturated carbocycles. The zero-order valence-corrected chi connectivity index (χ0v) is 16.1. The zero-order valence-electron chi connectivity index (χ0n) is 15.3. The molecule has 0 N–H and O–H groups in total. The minimum Gasteiger partial charge on any atom is -0.497 e. The van der Waals surface area contributed by atoms with Gasteiger partial charge in [0, 0.05) is 18.7 Å². The molecular weight excluding hydrogens is 352 g/mol. The first-order valence-corrected chi connectivity index (χ1v) is 8.75. The molecule has 6 nitrogen and oxygen atoms in total. The number of benzene rings is 2. The van der Waals surface area contributed by atoms with Crippen LogP contribution in [0, 0.1) is 6.92 Å². The topological polar surface area (TPSA) is 62.1 Å². The maximum atomic E-state index is 12.7. The molecule has 0 saturated heterocycles. The highest BCUT2D eigenvalue weighted by Gasteiger charge is 2.14. The molecule has 26 heavy (non-hydrogen) atoms. The molecule has 0 aliphatic rings. The third-order valence-electron chi connectivity index (χ3n) is 4.12. The number of nitrogens with zero attached hydrogens (tertiary/aromatic N) is 2. The van der Waals surface area contributed by atoms with Gasteiger partial charge in [0.2, 0.25) is 0 Å². The summed E-state index contributed by atoms with van der Waals surface area (Å²) in [4.78, 5) is 17.6.